The maximum atomic E-state index is 6.08. The lowest BCUT2D eigenvalue weighted by atomic mass is 10.0. The SMILES string of the molecule is COc1ccc(CN(C)CCC(N)C(C)C)cc1C. The van der Waals surface area contributed by atoms with Crippen molar-refractivity contribution in [3.8, 4) is 5.75 Å². The number of aryl methyl sites for hydroxylation is 1. The molecule has 1 unspecified atom stereocenters. The highest BCUT2D eigenvalue weighted by atomic mass is 16.5. The lowest BCUT2D eigenvalue weighted by Gasteiger charge is -2.21. The fourth-order valence-electron chi connectivity index (χ4n) is 2.13. The lowest BCUT2D eigenvalue weighted by Crippen LogP contribution is -2.31. The molecule has 0 radical (unpaired) electrons. The molecule has 1 atom stereocenters. The van der Waals surface area contributed by atoms with Crippen LogP contribution in [0.5, 0.6) is 5.75 Å². The molecule has 19 heavy (non-hydrogen) atoms. The smallest absolute Gasteiger partial charge is 0.121 e. The molecule has 1 aromatic rings. The van der Waals surface area contributed by atoms with E-state index in [-0.39, 0.29) is 0 Å². The van der Waals surface area contributed by atoms with Crippen LogP contribution in [0.15, 0.2) is 18.2 Å². The predicted molar refractivity (Wildman–Crippen MR) is 81.5 cm³/mol. The number of rotatable bonds is 7. The Morgan fingerprint density at radius 3 is 2.53 bits per heavy atom. The number of ether oxygens (including phenoxy) is 1. The van der Waals surface area contributed by atoms with Crippen molar-refractivity contribution >= 4 is 0 Å². The van der Waals surface area contributed by atoms with Crippen LogP contribution in [-0.4, -0.2) is 31.6 Å². The van der Waals surface area contributed by atoms with Crippen LogP contribution in [0.3, 0.4) is 0 Å². The van der Waals surface area contributed by atoms with Gasteiger partial charge in [-0.05, 0) is 50.0 Å². The maximum absolute atomic E-state index is 6.08. The van der Waals surface area contributed by atoms with E-state index in [0.29, 0.717) is 12.0 Å². The van der Waals surface area contributed by atoms with Gasteiger partial charge in [-0.25, -0.2) is 0 Å². The fourth-order valence-corrected chi connectivity index (χ4v) is 2.13. The van der Waals surface area contributed by atoms with Crippen molar-refractivity contribution in [2.24, 2.45) is 11.7 Å². The second-order valence-electron chi connectivity index (χ2n) is 5.74. The number of nitrogens with zero attached hydrogens (tertiary/aromatic N) is 1. The Hall–Kier alpha value is -1.06. The highest BCUT2D eigenvalue weighted by Gasteiger charge is 2.09. The summed E-state index contributed by atoms with van der Waals surface area (Å²) in [5, 5.41) is 0. The maximum Gasteiger partial charge on any atom is 0.121 e. The number of methoxy groups -OCH3 is 1. The summed E-state index contributed by atoms with van der Waals surface area (Å²) in [5.74, 6) is 1.50. The summed E-state index contributed by atoms with van der Waals surface area (Å²) in [6.45, 7) is 8.42. The van der Waals surface area contributed by atoms with Crippen molar-refractivity contribution in [3.63, 3.8) is 0 Å². The Morgan fingerprint density at radius 2 is 2.00 bits per heavy atom. The van der Waals surface area contributed by atoms with Crippen LogP contribution in [0.1, 0.15) is 31.4 Å². The Labute approximate surface area is 117 Å². The molecule has 0 aromatic heterocycles. The summed E-state index contributed by atoms with van der Waals surface area (Å²) in [7, 11) is 3.86. The molecule has 3 heteroatoms. The summed E-state index contributed by atoms with van der Waals surface area (Å²) in [6, 6.07) is 6.65. The number of benzene rings is 1. The molecule has 3 nitrogen and oxygen atoms in total. The summed E-state index contributed by atoms with van der Waals surface area (Å²) in [5.41, 5.74) is 8.58. The largest absolute Gasteiger partial charge is 0.496 e. The minimum atomic E-state index is 0.292. The highest BCUT2D eigenvalue weighted by Crippen LogP contribution is 2.19. The Bertz CT molecular complexity index is 390. The van der Waals surface area contributed by atoms with Gasteiger partial charge in [0.05, 0.1) is 7.11 Å². The Balaban J connectivity index is 2.48. The molecule has 1 aromatic carbocycles. The van der Waals surface area contributed by atoms with Gasteiger partial charge in [0.25, 0.3) is 0 Å². The molecule has 0 bridgehead atoms. The van der Waals surface area contributed by atoms with Crippen LogP contribution in [0.4, 0.5) is 0 Å². The molecule has 0 heterocycles. The van der Waals surface area contributed by atoms with Crippen molar-refractivity contribution in [3.05, 3.63) is 29.3 Å². The molecule has 0 aliphatic rings. The molecular formula is C16H28N2O. The first kappa shape index (κ1) is 16.0. The normalized spacial score (nSPS) is 13.1. The predicted octanol–water partition coefficient (Wildman–Crippen LogP) is 2.81. The van der Waals surface area contributed by atoms with Gasteiger partial charge in [-0.1, -0.05) is 26.0 Å². The lowest BCUT2D eigenvalue weighted by molar-refractivity contribution is 0.296. The van der Waals surface area contributed by atoms with Gasteiger partial charge in [-0.2, -0.15) is 0 Å². The van der Waals surface area contributed by atoms with Crippen molar-refractivity contribution < 1.29 is 4.74 Å². The monoisotopic (exact) mass is 264 g/mol. The molecule has 0 spiro atoms. The molecule has 0 amide bonds. The van der Waals surface area contributed by atoms with Gasteiger partial charge in [0.1, 0.15) is 5.75 Å². The van der Waals surface area contributed by atoms with E-state index in [9.17, 15) is 0 Å². The number of hydrogen-bond donors (Lipinski definition) is 1. The van der Waals surface area contributed by atoms with Gasteiger partial charge in [-0.15, -0.1) is 0 Å². The van der Waals surface area contributed by atoms with E-state index in [4.69, 9.17) is 10.5 Å². The van der Waals surface area contributed by atoms with Gasteiger partial charge in [-0.3, -0.25) is 0 Å². The van der Waals surface area contributed by atoms with Crippen molar-refractivity contribution in [2.75, 3.05) is 20.7 Å². The average Bonchev–Trinajstić information content (AvgIpc) is 2.36. The first-order valence-corrected chi connectivity index (χ1v) is 7.01. The van der Waals surface area contributed by atoms with Crippen LogP contribution < -0.4 is 10.5 Å². The van der Waals surface area contributed by atoms with E-state index in [1.807, 2.05) is 6.07 Å². The van der Waals surface area contributed by atoms with E-state index in [0.717, 1.165) is 25.3 Å². The molecule has 108 valence electrons. The fraction of sp³-hybridized carbons (Fsp3) is 0.625. The summed E-state index contributed by atoms with van der Waals surface area (Å²) in [4.78, 5) is 2.32. The Morgan fingerprint density at radius 1 is 1.32 bits per heavy atom. The summed E-state index contributed by atoms with van der Waals surface area (Å²) in [6.07, 6.45) is 1.04. The average molecular weight is 264 g/mol. The third-order valence-corrected chi connectivity index (χ3v) is 3.61. The first-order chi connectivity index (χ1) is 8.93. The zero-order chi connectivity index (χ0) is 14.4. The number of hydrogen-bond acceptors (Lipinski definition) is 3. The number of nitrogens with two attached hydrogens (primary N) is 1. The van der Waals surface area contributed by atoms with Gasteiger partial charge >= 0.3 is 0 Å². The molecule has 0 saturated heterocycles. The van der Waals surface area contributed by atoms with Crippen LogP contribution in [0, 0.1) is 12.8 Å². The van der Waals surface area contributed by atoms with Crippen molar-refractivity contribution in [1.82, 2.24) is 4.90 Å². The summed E-state index contributed by atoms with van der Waals surface area (Å²) >= 11 is 0. The van der Waals surface area contributed by atoms with Crippen LogP contribution in [-0.2, 0) is 6.54 Å². The van der Waals surface area contributed by atoms with Gasteiger partial charge < -0.3 is 15.4 Å². The third kappa shape index (κ3) is 5.21. The van der Waals surface area contributed by atoms with Crippen molar-refractivity contribution in [1.29, 1.82) is 0 Å². The van der Waals surface area contributed by atoms with Gasteiger partial charge in [0, 0.05) is 12.6 Å². The highest BCUT2D eigenvalue weighted by molar-refractivity contribution is 5.36. The van der Waals surface area contributed by atoms with Crippen molar-refractivity contribution in [2.45, 2.75) is 39.8 Å². The molecule has 0 aliphatic carbocycles. The van der Waals surface area contributed by atoms with Crippen LogP contribution >= 0.6 is 0 Å². The van der Waals surface area contributed by atoms with Gasteiger partial charge in [0.15, 0.2) is 0 Å². The third-order valence-electron chi connectivity index (χ3n) is 3.61. The zero-order valence-corrected chi connectivity index (χ0v) is 12.9. The van der Waals surface area contributed by atoms with E-state index in [1.165, 1.54) is 11.1 Å². The van der Waals surface area contributed by atoms with Gasteiger partial charge in [0.2, 0.25) is 0 Å². The quantitative estimate of drug-likeness (QED) is 0.823. The van der Waals surface area contributed by atoms with Crippen LogP contribution in [0.2, 0.25) is 0 Å². The molecular weight excluding hydrogens is 236 g/mol. The van der Waals surface area contributed by atoms with E-state index >= 15 is 0 Å². The molecule has 0 saturated carbocycles. The minimum Gasteiger partial charge on any atom is -0.496 e. The zero-order valence-electron chi connectivity index (χ0n) is 12.9. The van der Waals surface area contributed by atoms with E-state index in [1.54, 1.807) is 7.11 Å². The summed E-state index contributed by atoms with van der Waals surface area (Å²) < 4.78 is 5.28. The Kier molecular flexibility index (Phi) is 6.32. The molecule has 0 aliphatic heterocycles. The van der Waals surface area contributed by atoms with E-state index in [2.05, 4.69) is 44.9 Å². The first-order valence-electron chi connectivity index (χ1n) is 7.01. The van der Waals surface area contributed by atoms with E-state index < -0.39 is 0 Å². The molecule has 2 N–H and O–H groups in total. The topological polar surface area (TPSA) is 38.5 Å². The van der Waals surface area contributed by atoms with Crippen LogP contribution in [0.25, 0.3) is 0 Å². The standard InChI is InChI=1S/C16H28N2O/c1-12(2)15(17)8-9-18(4)11-14-6-7-16(19-5)13(3)10-14/h6-7,10,12,15H,8-9,11,17H2,1-5H3. The second-order valence-corrected chi connectivity index (χ2v) is 5.74. The molecule has 1 rings (SSSR count). The second kappa shape index (κ2) is 7.51. The minimum absolute atomic E-state index is 0.292. The molecule has 0 fully saturated rings.